The predicted octanol–water partition coefficient (Wildman–Crippen LogP) is 2.75. The van der Waals surface area contributed by atoms with E-state index < -0.39 is 5.41 Å². The number of ketones is 1. The number of aryl methyl sites for hydroxylation is 1. The van der Waals surface area contributed by atoms with E-state index in [2.05, 4.69) is 0 Å². The molecule has 1 aromatic heterocycles. The Labute approximate surface area is 101 Å². The van der Waals surface area contributed by atoms with Crippen molar-refractivity contribution in [2.75, 3.05) is 0 Å². The maximum Gasteiger partial charge on any atom is 0.141 e. The minimum absolute atomic E-state index is 0.132. The van der Waals surface area contributed by atoms with E-state index in [0.717, 1.165) is 16.6 Å². The van der Waals surface area contributed by atoms with Gasteiger partial charge in [0.2, 0.25) is 0 Å². The molecular weight excluding hydrogens is 214 g/mol. The van der Waals surface area contributed by atoms with Crippen molar-refractivity contribution >= 4 is 16.7 Å². The van der Waals surface area contributed by atoms with Crippen molar-refractivity contribution in [1.82, 2.24) is 4.57 Å². The Morgan fingerprint density at radius 3 is 2.53 bits per heavy atom. The summed E-state index contributed by atoms with van der Waals surface area (Å²) in [5.41, 5.74) is 1.47. The number of Topliss-reactive ketones (excluding diaryl/α,β-unsaturated/α-hetero) is 1. The molecule has 0 unspecified atom stereocenters. The topological polar surface area (TPSA) is 42.2 Å². The minimum Gasteiger partial charge on any atom is -0.508 e. The normalized spacial score (nSPS) is 12.0. The molecule has 1 heterocycles. The summed E-state index contributed by atoms with van der Waals surface area (Å²) in [7, 11) is 1.94. The van der Waals surface area contributed by atoms with Gasteiger partial charge in [-0.05, 0) is 45.0 Å². The highest BCUT2D eigenvalue weighted by Crippen LogP contribution is 2.31. The molecule has 1 N–H and O–H groups in total. The van der Waals surface area contributed by atoms with Crippen LogP contribution in [0.3, 0.4) is 0 Å². The average molecular weight is 231 g/mol. The van der Waals surface area contributed by atoms with E-state index in [0.29, 0.717) is 0 Å². The number of aromatic hydroxyl groups is 1. The summed E-state index contributed by atoms with van der Waals surface area (Å²) in [6.07, 6.45) is 0. The second kappa shape index (κ2) is 3.62. The van der Waals surface area contributed by atoms with Gasteiger partial charge in [0.25, 0.3) is 0 Å². The second-order valence-electron chi connectivity index (χ2n) is 5.01. The van der Waals surface area contributed by atoms with Gasteiger partial charge in [0.1, 0.15) is 11.5 Å². The number of carbonyl (C=O) groups is 1. The first kappa shape index (κ1) is 11.7. The molecule has 0 saturated heterocycles. The van der Waals surface area contributed by atoms with Gasteiger partial charge in [-0.1, -0.05) is 0 Å². The molecule has 0 aliphatic heterocycles. The quantitative estimate of drug-likeness (QED) is 0.863. The van der Waals surface area contributed by atoms with Gasteiger partial charge in [0, 0.05) is 23.6 Å². The smallest absolute Gasteiger partial charge is 0.141 e. The van der Waals surface area contributed by atoms with Gasteiger partial charge in [-0.2, -0.15) is 0 Å². The van der Waals surface area contributed by atoms with E-state index in [1.807, 2.05) is 37.6 Å². The van der Waals surface area contributed by atoms with Crippen LogP contribution in [0.25, 0.3) is 10.9 Å². The van der Waals surface area contributed by atoms with Gasteiger partial charge in [-0.3, -0.25) is 4.79 Å². The molecule has 0 saturated carbocycles. The van der Waals surface area contributed by atoms with E-state index in [1.54, 1.807) is 19.1 Å². The summed E-state index contributed by atoms with van der Waals surface area (Å²) in [5, 5.41) is 10.4. The number of hydrogen-bond donors (Lipinski definition) is 1. The Kier molecular flexibility index (Phi) is 2.49. The molecule has 1 aromatic carbocycles. The van der Waals surface area contributed by atoms with Crippen LogP contribution in [0.15, 0.2) is 24.3 Å². The lowest BCUT2D eigenvalue weighted by atomic mass is 9.85. The Hall–Kier alpha value is -1.77. The van der Waals surface area contributed by atoms with Gasteiger partial charge in [0.15, 0.2) is 0 Å². The number of nitrogens with zero attached hydrogens (tertiary/aromatic N) is 1. The van der Waals surface area contributed by atoms with E-state index in [-0.39, 0.29) is 11.5 Å². The molecule has 0 aliphatic rings. The van der Waals surface area contributed by atoms with Gasteiger partial charge < -0.3 is 9.67 Å². The molecule has 0 fully saturated rings. The van der Waals surface area contributed by atoms with Crippen molar-refractivity contribution in [1.29, 1.82) is 0 Å². The van der Waals surface area contributed by atoms with Gasteiger partial charge in [-0.15, -0.1) is 0 Å². The fraction of sp³-hybridized carbons (Fsp3) is 0.357. The van der Waals surface area contributed by atoms with Crippen molar-refractivity contribution < 1.29 is 9.90 Å². The summed E-state index contributed by atoms with van der Waals surface area (Å²) in [6, 6.07) is 7.21. The molecule has 0 spiro atoms. The molecule has 0 radical (unpaired) electrons. The van der Waals surface area contributed by atoms with Crippen LogP contribution in [0.5, 0.6) is 5.75 Å². The van der Waals surface area contributed by atoms with Crippen LogP contribution in [0.1, 0.15) is 26.5 Å². The molecule has 2 rings (SSSR count). The van der Waals surface area contributed by atoms with Crippen molar-refractivity contribution in [2.45, 2.75) is 26.2 Å². The lowest BCUT2D eigenvalue weighted by Gasteiger charge is -2.22. The summed E-state index contributed by atoms with van der Waals surface area (Å²) in [6.45, 7) is 5.45. The highest BCUT2D eigenvalue weighted by Gasteiger charge is 2.29. The van der Waals surface area contributed by atoms with Gasteiger partial charge >= 0.3 is 0 Å². The number of carbonyl (C=O) groups excluding carboxylic acids is 1. The maximum absolute atomic E-state index is 11.7. The molecule has 0 bridgehead atoms. The molecule has 0 aliphatic carbocycles. The van der Waals surface area contributed by atoms with Crippen molar-refractivity contribution in [3.05, 3.63) is 30.0 Å². The number of hydrogen-bond acceptors (Lipinski definition) is 2. The van der Waals surface area contributed by atoms with Crippen molar-refractivity contribution in [3.8, 4) is 5.75 Å². The van der Waals surface area contributed by atoms with E-state index in [9.17, 15) is 9.90 Å². The zero-order valence-corrected chi connectivity index (χ0v) is 10.6. The SMILES string of the molecule is CC(=O)C(C)(C)c1cc2cc(O)ccc2n1C. The largest absolute Gasteiger partial charge is 0.508 e. The number of benzene rings is 1. The van der Waals surface area contributed by atoms with Crippen LogP contribution in [-0.2, 0) is 17.3 Å². The number of fused-ring (bicyclic) bond motifs is 1. The molecular formula is C14H17NO2. The first-order valence-corrected chi connectivity index (χ1v) is 5.64. The highest BCUT2D eigenvalue weighted by atomic mass is 16.3. The van der Waals surface area contributed by atoms with E-state index in [1.165, 1.54) is 0 Å². The summed E-state index contributed by atoms with van der Waals surface area (Å²) in [5.74, 6) is 0.378. The van der Waals surface area contributed by atoms with Crippen molar-refractivity contribution in [2.24, 2.45) is 7.05 Å². The number of rotatable bonds is 2. The summed E-state index contributed by atoms with van der Waals surface area (Å²) in [4.78, 5) is 11.7. The van der Waals surface area contributed by atoms with Crippen LogP contribution in [0.4, 0.5) is 0 Å². The Balaban J connectivity index is 2.72. The number of phenolic OH excluding ortho intramolecular Hbond substituents is 1. The highest BCUT2D eigenvalue weighted by molar-refractivity contribution is 5.90. The third-order valence-electron chi connectivity index (χ3n) is 3.55. The zero-order valence-electron chi connectivity index (χ0n) is 10.6. The van der Waals surface area contributed by atoms with Crippen LogP contribution in [0, 0.1) is 0 Å². The maximum atomic E-state index is 11.7. The first-order valence-electron chi connectivity index (χ1n) is 5.64. The first-order chi connectivity index (χ1) is 7.84. The number of phenols is 1. The van der Waals surface area contributed by atoms with Crippen LogP contribution in [-0.4, -0.2) is 15.5 Å². The molecule has 0 amide bonds. The Morgan fingerprint density at radius 1 is 1.29 bits per heavy atom. The average Bonchev–Trinajstić information content (AvgIpc) is 2.55. The molecule has 2 aromatic rings. The van der Waals surface area contributed by atoms with Gasteiger partial charge in [-0.25, -0.2) is 0 Å². The third kappa shape index (κ3) is 1.71. The van der Waals surface area contributed by atoms with E-state index >= 15 is 0 Å². The molecule has 90 valence electrons. The monoisotopic (exact) mass is 231 g/mol. The Bertz CT molecular complexity index is 594. The minimum atomic E-state index is -0.511. The molecule has 3 heteroatoms. The second-order valence-corrected chi connectivity index (χ2v) is 5.01. The predicted molar refractivity (Wildman–Crippen MR) is 68.3 cm³/mol. The summed E-state index contributed by atoms with van der Waals surface area (Å²) >= 11 is 0. The lowest BCUT2D eigenvalue weighted by molar-refractivity contribution is -0.121. The molecule has 0 atom stereocenters. The van der Waals surface area contributed by atoms with Crippen molar-refractivity contribution in [3.63, 3.8) is 0 Å². The van der Waals surface area contributed by atoms with Gasteiger partial charge in [0.05, 0.1) is 5.41 Å². The fourth-order valence-electron chi connectivity index (χ4n) is 2.12. The summed E-state index contributed by atoms with van der Waals surface area (Å²) < 4.78 is 2.01. The number of aromatic nitrogens is 1. The Morgan fingerprint density at radius 2 is 1.94 bits per heavy atom. The van der Waals surface area contributed by atoms with E-state index in [4.69, 9.17) is 0 Å². The lowest BCUT2D eigenvalue weighted by Crippen LogP contribution is -2.28. The molecule has 3 nitrogen and oxygen atoms in total. The van der Waals surface area contributed by atoms with Crippen LogP contribution in [0.2, 0.25) is 0 Å². The standard InChI is InChI=1S/C14H17NO2/c1-9(16)14(2,3)13-8-10-7-11(17)5-6-12(10)15(13)4/h5-8,17H,1-4H3. The molecule has 17 heavy (non-hydrogen) atoms. The zero-order chi connectivity index (χ0) is 12.8. The third-order valence-corrected chi connectivity index (χ3v) is 3.55. The van der Waals surface area contributed by atoms with Crippen LogP contribution >= 0.6 is 0 Å². The fourth-order valence-corrected chi connectivity index (χ4v) is 2.12. The van der Waals surface area contributed by atoms with Crippen LogP contribution < -0.4 is 0 Å².